The van der Waals surface area contributed by atoms with Gasteiger partial charge in [0.1, 0.15) is 0 Å². The van der Waals surface area contributed by atoms with Crippen molar-refractivity contribution >= 4 is 46.7 Å². The van der Waals surface area contributed by atoms with Gasteiger partial charge in [-0.1, -0.05) is 40.9 Å². The molecular formula is C15H7Cl3O3. The third kappa shape index (κ3) is 2.48. The number of fused-ring (bicyclic) bond motifs is 1. The number of para-hydroxylation sites is 1. The molecule has 0 saturated heterocycles. The van der Waals surface area contributed by atoms with E-state index in [2.05, 4.69) is 0 Å². The van der Waals surface area contributed by atoms with Gasteiger partial charge in [-0.3, -0.25) is 4.79 Å². The van der Waals surface area contributed by atoms with Crippen LogP contribution in [0.3, 0.4) is 0 Å². The Kier molecular flexibility index (Phi) is 3.57. The molecule has 2 aromatic rings. The molecule has 0 unspecified atom stereocenters. The van der Waals surface area contributed by atoms with Crippen molar-refractivity contribution in [3.63, 3.8) is 0 Å². The molecule has 3 rings (SSSR count). The normalized spacial score (nSPS) is 15.2. The van der Waals surface area contributed by atoms with E-state index in [-0.39, 0.29) is 27.3 Å². The number of carbonyl (C=O) groups excluding carboxylic acids is 1. The second-order valence-electron chi connectivity index (χ2n) is 4.39. The minimum Gasteiger partial charge on any atom is -0.505 e. The molecule has 3 nitrogen and oxygen atoms in total. The number of phenols is 1. The summed E-state index contributed by atoms with van der Waals surface area (Å²) >= 11 is 17.7. The maximum Gasteiger partial charge on any atom is 0.232 e. The van der Waals surface area contributed by atoms with Crippen LogP contribution in [0.1, 0.15) is 15.9 Å². The van der Waals surface area contributed by atoms with Gasteiger partial charge in [0.05, 0.1) is 20.6 Å². The summed E-state index contributed by atoms with van der Waals surface area (Å²) in [6, 6.07) is 7.93. The quantitative estimate of drug-likeness (QED) is 0.745. The Hall–Kier alpha value is -1.68. The first-order chi connectivity index (χ1) is 9.97. The Morgan fingerprint density at radius 3 is 2.33 bits per heavy atom. The number of halogens is 3. The number of Topliss-reactive ketones (excluding diaryl/α,β-unsaturated/α-hetero) is 1. The molecule has 2 aromatic carbocycles. The Morgan fingerprint density at radius 1 is 1.05 bits per heavy atom. The van der Waals surface area contributed by atoms with Crippen LogP contribution in [0.2, 0.25) is 15.1 Å². The Bertz CT molecular complexity index is 774. The summed E-state index contributed by atoms with van der Waals surface area (Å²) in [5.74, 6) is -0.0133. The van der Waals surface area contributed by atoms with Crippen molar-refractivity contribution in [3.8, 4) is 11.5 Å². The van der Waals surface area contributed by atoms with E-state index in [1.807, 2.05) is 0 Å². The number of ether oxygens (including phenoxy) is 1. The van der Waals surface area contributed by atoms with Crippen LogP contribution in [0.15, 0.2) is 36.1 Å². The second-order valence-corrected chi connectivity index (χ2v) is 5.61. The standard InChI is InChI=1S/C15H7Cl3O3/c16-9-3-1-2-8-13(19)12(21-15(8)9)6-7-4-10(17)14(20)11(18)5-7/h1-6,20H. The molecule has 1 heterocycles. The number of rotatable bonds is 1. The van der Waals surface area contributed by atoms with Crippen LogP contribution in [-0.4, -0.2) is 10.9 Å². The molecule has 1 aliphatic heterocycles. The summed E-state index contributed by atoms with van der Waals surface area (Å²) < 4.78 is 5.49. The van der Waals surface area contributed by atoms with Crippen molar-refractivity contribution in [2.45, 2.75) is 0 Å². The van der Waals surface area contributed by atoms with Gasteiger partial charge < -0.3 is 9.84 Å². The highest BCUT2D eigenvalue weighted by Crippen LogP contribution is 2.39. The van der Waals surface area contributed by atoms with Crippen molar-refractivity contribution in [2.75, 3.05) is 0 Å². The van der Waals surface area contributed by atoms with Crippen molar-refractivity contribution < 1.29 is 14.6 Å². The fourth-order valence-electron chi connectivity index (χ4n) is 2.00. The maximum atomic E-state index is 12.2. The van der Waals surface area contributed by atoms with Crippen LogP contribution in [0.4, 0.5) is 0 Å². The Morgan fingerprint density at radius 2 is 1.71 bits per heavy atom. The molecule has 0 spiro atoms. The number of ketones is 1. The molecule has 21 heavy (non-hydrogen) atoms. The minimum atomic E-state index is -0.271. The van der Waals surface area contributed by atoms with Crippen molar-refractivity contribution in [1.82, 2.24) is 0 Å². The monoisotopic (exact) mass is 340 g/mol. The summed E-state index contributed by atoms with van der Waals surface area (Å²) in [6.07, 6.45) is 1.50. The van der Waals surface area contributed by atoms with Gasteiger partial charge in [-0.25, -0.2) is 0 Å². The molecule has 0 amide bonds. The largest absolute Gasteiger partial charge is 0.505 e. The summed E-state index contributed by atoms with van der Waals surface area (Å²) in [5.41, 5.74) is 0.944. The first kappa shape index (κ1) is 14.3. The lowest BCUT2D eigenvalue weighted by Crippen LogP contribution is -1.98. The van der Waals surface area contributed by atoms with E-state index >= 15 is 0 Å². The van der Waals surface area contributed by atoms with Crippen LogP contribution in [0, 0.1) is 0 Å². The van der Waals surface area contributed by atoms with E-state index in [1.165, 1.54) is 18.2 Å². The predicted octanol–water partition coefficient (Wildman–Crippen LogP) is 4.97. The number of carbonyl (C=O) groups is 1. The van der Waals surface area contributed by atoms with Gasteiger partial charge in [-0.2, -0.15) is 0 Å². The zero-order valence-electron chi connectivity index (χ0n) is 10.4. The zero-order valence-corrected chi connectivity index (χ0v) is 12.6. The van der Waals surface area contributed by atoms with Crippen LogP contribution < -0.4 is 4.74 Å². The molecule has 0 aliphatic carbocycles. The molecule has 1 N–H and O–H groups in total. The lowest BCUT2D eigenvalue weighted by molar-refractivity contribution is 0.101. The van der Waals surface area contributed by atoms with Crippen LogP contribution >= 0.6 is 34.8 Å². The molecule has 106 valence electrons. The molecule has 0 fully saturated rings. The fraction of sp³-hybridized carbons (Fsp3) is 0. The van der Waals surface area contributed by atoms with Crippen LogP contribution in [0.25, 0.3) is 6.08 Å². The van der Waals surface area contributed by atoms with Crippen molar-refractivity contribution in [1.29, 1.82) is 0 Å². The Balaban J connectivity index is 2.04. The third-order valence-corrected chi connectivity index (χ3v) is 3.86. The van der Waals surface area contributed by atoms with Gasteiger partial charge in [0.25, 0.3) is 0 Å². The average Bonchev–Trinajstić information content (AvgIpc) is 2.75. The van der Waals surface area contributed by atoms with E-state index in [0.717, 1.165) is 0 Å². The molecule has 0 radical (unpaired) electrons. The smallest absolute Gasteiger partial charge is 0.232 e. The molecule has 0 saturated carbocycles. The van der Waals surface area contributed by atoms with E-state index in [4.69, 9.17) is 39.5 Å². The van der Waals surface area contributed by atoms with Crippen molar-refractivity contribution in [3.05, 3.63) is 62.3 Å². The second kappa shape index (κ2) is 5.26. The van der Waals surface area contributed by atoms with Crippen molar-refractivity contribution in [2.24, 2.45) is 0 Å². The number of benzene rings is 2. The first-order valence-electron chi connectivity index (χ1n) is 5.88. The van der Waals surface area contributed by atoms with Crippen LogP contribution in [0.5, 0.6) is 11.5 Å². The van der Waals surface area contributed by atoms with Crippen LogP contribution in [-0.2, 0) is 0 Å². The summed E-state index contributed by atoms with van der Waals surface area (Å²) in [5, 5.41) is 10.1. The molecule has 0 bridgehead atoms. The van der Waals surface area contributed by atoms with Gasteiger partial charge in [-0.05, 0) is 35.9 Å². The highest BCUT2D eigenvalue weighted by atomic mass is 35.5. The molecule has 0 aromatic heterocycles. The number of allylic oxidation sites excluding steroid dienone is 1. The Labute approximate surface area is 135 Å². The summed E-state index contributed by atoms with van der Waals surface area (Å²) in [4.78, 5) is 12.2. The highest BCUT2D eigenvalue weighted by molar-refractivity contribution is 6.37. The molecule has 1 aliphatic rings. The number of hydrogen-bond acceptors (Lipinski definition) is 3. The van der Waals surface area contributed by atoms with Gasteiger partial charge in [-0.15, -0.1) is 0 Å². The van der Waals surface area contributed by atoms with E-state index in [0.29, 0.717) is 21.9 Å². The third-order valence-electron chi connectivity index (χ3n) is 2.98. The minimum absolute atomic E-state index is 0.0929. The van der Waals surface area contributed by atoms with E-state index in [9.17, 15) is 9.90 Å². The average molecular weight is 342 g/mol. The van der Waals surface area contributed by atoms with Gasteiger partial charge in [0.2, 0.25) is 5.78 Å². The lowest BCUT2D eigenvalue weighted by Gasteiger charge is -2.03. The van der Waals surface area contributed by atoms with Gasteiger partial charge in [0, 0.05) is 0 Å². The van der Waals surface area contributed by atoms with E-state index < -0.39 is 0 Å². The first-order valence-corrected chi connectivity index (χ1v) is 7.01. The number of phenolic OH excluding ortho intramolecular Hbond substituents is 1. The fourth-order valence-corrected chi connectivity index (χ4v) is 2.71. The molecular weight excluding hydrogens is 335 g/mol. The molecule has 0 atom stereocenters. The summed E-state index contributed by atoms with van der Waals surface area (Å²) in [7, 11) is 0. The van der Waals surface area contributed by atoms with E-state index in [1.54, 1.807) is 18.2 Å². The molecule has 6 heteroatoms. The highest BCUT2D eigenvalue weighted by Gasteiger charge is 2.29. The van der Waals surface area contributed by atoms with Gasteiger partial charge >= 0.3 is 0 Å². The maximum absolute atomic E-state index is 12.2. The number of hydrogen-bond donors (Lipinski definition) is 1. The van der Waals surface area contributed by atoms with Gasteiger partial charge in [0.15, 0.2) is 17.3 Å². The lowest BCUT2D eigenvalue weighted by atomic mass is 10.1. The topological polar surface area (TPSA) is 46.5 Å². The SMILES string of the molecule is O=C1C(=Cc2cc(Cl)c(O)c(Cl)c2)Oc2c(Cl)cccc21. The zero-order chi connectivity index (χ0) is 15.1. The summed E-state index contributed by atoms with van der Waals surface area (Å²) in [6.45, 7) is 0. The number of aromatic hydroxyl groups is 1. The predicted molar refractivity (Wildman–Crippen MR) is 82.5 cm³/mol.